The number of ether oxygens (including phenoxy) is 1. The normalized spacial score (nSPS) is 17.7. The molecule has 1 aromatic carbocycles. The average molecular weight is 262 g/mol. The molecule has 4 heteroatoms. The van der Waals surface area contributed by atoms with E-state index < -0.39 is 0 Å². The molecule has 1 aliphatic heterocycles. The van der Waals surface area contributed by atoms with Gasteiger partial charge in [-0.1, -0.05) is 30.3 Å². The van der Waals surface area contributed by atoms with Crippen LogP contribution in [0.2, 0.25) is 0 Å². The minimum atomic E-state index is -0.0946. The van der Waals surface area contributed by atoms with E-state index in [9.17, 15) is 4.79 Å². The van der Waals surface area contributed by atoms with Crippen LogP contribution in [-0.4, -0.2) is 25.3 Å². The van der Waals surface area contributed by atoms with E-state index >= 15 is 0 Å². The van der Waals surface area contributed by atoms with Crippen molar-refractivity contribution in [3.8, 4) is 0 Å². The van der Waals surface area contributed by atoms with Gasteiger partial charge in [0.15, 0.2) is 0 Å². The lowest BCUT2D eigenvalue weighted by atomic mass is 9.93. The summed E-state index contributed by atoms with van der Waals surface area (Å²) in [5.74, 6) is 0.524. The Kier molecular flexibility index (Phi) is 5.21. The highest BCUT2D eigenvalue weighted by Gasteiger charge is 2.21. The van der Waals surface area contributed by atoms with Crippen molar-refractivity contribution >= 4 is 6.03 Å². The zero-order chi connectivity index (χ0) is 13.5. The highest BCUT2D eigenvalue weighted by atomic mass is 16.5. The van der Waals surface area contributed by atoms with Crippen LogP contribution >= 0.6 is 0 Å². The second-order valence-electron chi connectivity index (χ2n) is 5.05. The van der Waals surface area contributed by atoms with E-state index in [0.717, 1.165) is 31.6 Å². The highest BCUT2D eigenvalue weighted by molar-refractivity contribution is 5.74. The third kappa shape index (κ3) is 4.56. The van der Waals surface area contributed by atoms with Crippen LogP contribution in [0.4, 0.5) is 4.79 Å². The Labute approximate surface area is 114 Å². The van der Waals surface area contributed by atoms with E-state index in [1.54, 1.807) is 0 Å². The van der Waals surface area contributed by atoms with Crippen LogP contribution in [-0.2, 0) is 11.3 Å². The summed E-state index contributed by atoms with van der Waals surface area (Å²) < 4.78 is 5.33. The van der Waals surface area contributed by atoms with Gasteiger partial charge in [0.2, 0.25) is 0 Å². The Morgan fingerprint density at radius 1 is 1.32 bits per heavy atom. The van der Waals surface area contributed by atoms with Crippen LogP contribution in [0.1, 0.15) is 25.3 Å². The number of nitrogens with one attached hydrogen (secondary N) is 2. The molecular weight excluding hydrogens is 240 g/mol. The monoisotopic (exact) mass is 262 g/mol. The third-order valence-electron chi connectivity index (χ3n) is 3.63. The van der Waals surface area contributed by atoms with Crippen LogP contribution in [0, 0.1) is 5.92 Å². The topological polar surface area (TPSA) is 50.4 Å². The van der Waals surface area contributed by atoms with E-state index in [2.05, 4.69) is 17.6 Å². The van der Waals surface area contributed by atoms with Gasteiger partial charge in [-0.25, -0.2) is 4.79 Å². The number of urea groups is 1. The molecule has 1 aromatic rings. The number of hydrogen-bond donors (Lipinski definition) is 2. The van der Waals surface area contributed by atoms with Crippen LogP contribution in [0.15, 0.2) is 30.3 Å². The summed E-state index contributed by atoms with van der Waals surface area (Å²) in [6, 6.07) is 10.0. The van der Waals surface area contributed by atoms with Crippen LogP contribution in [0.5, 0.6) is 0 Å². The Morgan fingerprint density at radius 3 is 2.68 bits per heavy atom. The van der Waals surface area contributed by atoms with Crippen LogP contribution in [0.3, 0.4) is 0 Å². The van der Waals surface area contributed by atoms with Crippen molar-refractivity contribution in [3.63, 3.8) is 0 Å². The fraction of sp³-hybridized carbons (Fsp3) is 0.533. The van der Waals surface area contributed by atoms with Crippen molar-refractivity contribution in [2.24, 2.45) is 5.92 Å². The molecule has 1 atom stereocenters. The molecule has 0 spiro atoms. The Bertz CT molecular complexity index is 388. The first-order valence-corrected chi connectivity index (χ1v) is 6.92. The molecule has 1 saturated heterocycles. The fourth-order valence-corrected chi connectivity index (χ4v) is 2.37. The first-order valence-electron chi connectivity index (χ1n) is 6.92. The van der Waals surface area contributed by atoms with Gasteiger partial charge in [0.1, 0.15) is 0 Å². The molecule has 0 aromatic heterocycles. The maximum atomic E-state index is 11.8. The minimum Gasteiger partial charge on any atom is -0.381 e. The summed E-state index contributed by atoms with van der Waals surface area (Å²) in [7, 11) is 0. The molecule has 4 nitrogen and oxygen atoms in total. The number of carbonyl (C=O) groups is 1. The summed E-state index contributed by atoms with van der Waals surface area (Å²) in [5, 5.41) is 5.90. The minimum absolute atomic E-state index is 0.0946. The molecule has 19 heavy (non-hydrogen) atoms. The van der Waals surface area contributed by atoms with Gasteiger partial charge in [-0.15, -0.1) is 0 Å². The van der Waals surface area contributed by atoms with Crippen LogP contribution < -0.4 is 10.6 Å². The van der Waals surface area contributed by atoms with Gasteiger partial charge in [-0.05, 0) is 31.2 Å². The molecule has 1 aliphatic rings. The lowest BCUT2D eigenvalue weighted by Crippen LogP contribution is -2.45. The smallest absolute Gasteiger partial charge is 0.315 e. The number of amides is 2. The number of benzene rings is 1. The SMILES string of the molecule is CC(NC(=O)NCc1ccccc1)C1CCOCC1. The Morgan fingerprint density at radius 2 is 2.00 bits per heavy atom. The molecule has 1 fully saturated rings. The molecular formula is C15H22N2O2. The van der Waals surface area contributed by atoms with Gasteiger partial charge in [0.05, 0.1) is 0 Å². The lowest BCUT2D eigenvalue weighted by Gasteiger charge is -2.28. The van der Waals surface area contributed by atoms with Crippen molar-refractivity contribution in [2.45, 2.75) is 32.4 Å². The number of carbonyl (C=O) groups excluding carboxylic acids is 1. The van der Waals surface area contributed by atoms with Crippen LogP contribution in [0.25, 0.3) is 0 Å². The molecule has 1 unspecified atom stereocenters. The van der Waals surface area contributed by atoms with Crippen molar-refractivity contribution in [1.29, 1.82) is 0 Å². The van der Waals surface area contributed by atoms with E-state index in [-0.39, 0.29) is 12.1 Å². The van der Waals surface area contributed by atoms with E-state index in [0.29, 0.717) is 12.5 Å². The maximum absolute atomic E-state index is 11.8. The molecule has 2 amide bonds. The molecule has 0 bridgehead atoms. The highest BCUT2D eigenvalue weighted by Crippen LogP contribution is 2.18. The van der Waals surface area contributed by atoms with Crippen molar-refractivity contribution in [2.75, 3.05) is 13.2 Å². The summed E-state index contributed by atoms with van der Waals surface area (Å²) in [5.41, 5.74) is 1.11. The first kappa shape index (κ1) is 13.9. The van der Waals surface area contributed by atoms with Gasteiger partial charge in [-0.2, -0.15) is 0 Å². The standard InChI is InChI=1S/C15H22N2O2/c1-12(14-7-9-19-10-8-14)17-15(18)16-11-13-5-3-2-4-6-13/h2-6,12,14H,7-11H2,1H3,(H2,16,17,18). The van der Waals surface area contributed by atoms with E-state index in [1.807, 2.05) is 30.3 Å². The summed E-state index contributed by atoms with van der Waals surface area (Å²) >= 11 is 0. The second-order valence-corrected chi connectivity index (χ2v) is 5.05. The van der Waals surface area contributed by atoms with Crippen molar-refractivity contribution in [3.05, 3.63) is 35.9 Å². The van der Waals surface area contributed by atoms with Gasteiger partial charge >= 0.3 is 6.03 Å². The van der Waals surface area contributed by atoms with E-state index in [4.69, 9.17) is 4.74 Å². The largest absolute Gasteiger partial charge is 0.381 e. The quantitative estimate of drug-likeness (QED) is 0.874. The predicted octanol–water partition coefficient (Wildman–Crippen LogP) is 2.30. The van der Waals surface area contributed by atoms with Gasteiger partial charge in [0.25, 0.3) is 0 Å². The van der Waals surface area contributed by atoms with Gasteiger partial charge in [-0.3, -0.25) is 0 Å². The summed E-state index contributed by atoms with van der Waals surface area (Å²) in [6.07, 6.45) is 2.06. The summed E-state index contributed by atoms with van der Waals surface area (Å²) in [6.45, 7) is 4.25. The third-order valence-corrected chi connectivity index (χ3v) is 3.63. The first-order chi connectivity index (χ1) is 9.25. The fourth-order valence-electron chi connectivity index (χ4n) is 2.37. The average Bonchev–Trinajstić information content (AvgIpc) is 2.47. The Hall–Kier alpha value is -1.55. The Balaban J connectivity index is 1.71. The zero-order valence-corrected chi connectivity index (χ0v) is 11.4. The van der Waals surface area contributed by atoms with Crippen molar-refractivity contribution in [1.82, 2.24) is 10.6 Å². The second kappa shape index (κ2) is 7.14. The number of hydrogen-bond acceptors (Lipinski definition) is 2. The summed E-state index contributed by atoms with van der Waals surface area (Å²) in [4.78, 5) is 11.8. The molecule has 0 radical (unpaired) electrons. The molecule has 0 aliphatic carbocycles. The zero-order valence-electron chi connectivity index (χ0n) is 11.4. The molecule has 2 N–H and O–H groups in total. The number of rotatable bonds is 4. The molecule has 2 rings (SSSR count). The molecule has 104 valence electrons. The predicted molar refractivity (Wildman–Crippen MR) is 74.8 cm³/mol. The maximum Gasteiger partial charge on any atom is 0.315 e. The van der Waals surface area contributed by atoms with Gasteiger partial charge in [0, 0.05) is 25.8 Å². The van der Waals surface area contributed by atoms with Gasteiger partial charge < -0.3 is 15.4 Å². The van der Waals surface area contributed by atoms with Crippen molar-refractivity contribution < 1.29 is 9.53 Å². The molecule has 1 heterocycles. The van der Waals surface area contributed by atoms with E-state index in [1.165, 1.54) is 0 Å². The molecule has 0 saturated carbocycles. The lowest BCUT2D eigenvalue weighted by molar-refractivity contribution is 0.0571.